The predicted octanol–water partition coefficient (Wildman–Crippen LogP) is 4.85. The smallest absolute Gasteiger partial charge is 0.125 e. The number of ether oxygens (including phenoxy) is 1. The highest BCUT2D eigenvalue weighted by Crippen LogP contribution is 2.30. The van der Waals surface area contributed by atoms with Gasteiger partial charge in [-0.3, -0.25) is 0 Å². The molecule has 6 heteroatoms. The summed E-state index contributed by atoms with van der Waals surface area (Å²) in [6.45, 7) is 10.6. The van der Waals surface area contributed by atoms with E-state index in [4.69, 9.17) is 9.84 Å². The lowest BCUT2D eigenvalue weighted by atomic mass is 9.96. The fourth-order valence-electron chi connectivity index (χ4n) is 3.78. The minimum atomic E-state index is -0.874. The SMILES string of the molecule is CCc1cc(C2=NN=C(c3cc(C)c(CC(C)C)s3)CC2)cc(C)c1OC[C@@H](O)CO. The van der Waals surface area contributed by atoms with Gasteiger partial charge in [-0.1, -0.05) is 20.8 Å². The molecule has 0 radical (unpaired) electrons. The van der Waals surface area contributed by atoms with Crippen molar-refractivity contribution in [2.24, 2.45) is 16.1 Å². The van der Waals surface area contributed by atoms with Crippen LogP contribution in [0, 0.1) is 19.8 Å². The molecule has 0 saturated carbocycles. The summed E-state index contributed by atoms with van der Waals surface area (Å²) in [7, 11) is 0. The summed E-state index contributed by atoms with van der Waals surface area (Å²) in [4.78, 5) is 2.69. The minimum absolute atomic E-state index is 0.0807. The van der Waals surface area contributed by atoms with Crippen molar-refractivity contribution in [3.8, 4) is 5.75 Å². The molecule has 1 aromatic carbocycles. The molecule has 1 aromatic heterocycles. The van der Waals surface area contributed by atoms with E-state index in [0.717, 1.165) is 59.5 Å². The molecule has 0 aliphatic carbocycles. The highest BCUT2D eigenvalue weighted by Gasteiger charge is 2.19. The number of aliphatic hydroxyl groups is 2. The molecule has 1 atom stereocenters. The van der Waals surface area contributed by atoms with Gasteiger partial charge < -0.3 is 14.9 Å². The van der Waals surface area contributed by atoms with Crippen LogP contribution in [0.5, 0.6) is 5.75 Å². The van der Waals surface area contributed by atoms with Gasteiger partial charge >= 0.3 is 0 Å². The molecular formula is C25H34N2O3S. The van der Waals surface area contributed by atoms with Gasteiger partial charge in [-0.15, -0.1) is 11.3 Å². The third kappa shape index (κ3) is 5.82. The van der Waals surface area contributed by atoms with Crippen LogP contribution in [0.15, 0.2) is 28.4 Å². The monoisotopic (exact) mass is 442 g/mol. The summed E-state index contributed by atoms with van der Waals surface area (Å²) in [6.07, 6.45) is 2.80. The zero-order valence-corrected chi connectivity index (χ0v) is 20.1. The number of thiophene rings is 1. The van der Waals surface area contributed by atoms with Crippen LogP contribution < -0.4 is 4.74 Å². The second-order valence-electron chi connectivity index (χ2n) is 8.69. The van der Waals surface area contributed by atoms with E-state index in [9.17, 15) is 5.11 Å². The Morgan fingerprint density at radius 3 is 2.39 bits per heavy atom. The van der Waals surface area contributed by atoms with Gasteiger partial charge in [0.1, 0.15) is 18.5 Å². The van der Waals surface area contributed by atoms with E-state index < -0.39 is 6.10 Å². The van der Waals surface area contributed by atoms with E-state index in [-0.39, 0.29) is 13.2 Å². The van der Waals surface area contributed by atoms with Crippen molar-refractivity contribution in [1.29, 1.82) is 0 Å². The molecule has 168 valence electrons. The minimum Gasteiger partial charge on any atom is -0.490 e. The van der Waals surface area contributed by atoms with E-state index in [1.165, 1.54) is 15.3 Å². The van der Waals surface area contributed by atoms with Gasteiger partial charge in [-0.05, 0) is 85.9 Å². The van der Waals surface area contributed by atoms with Crippen LogP contribution in [0.1, 0.15) is 65.6 Å². The van der Waals surface area contributed by atoms with Gasteiger partial charge in [0.15, 0.2) is 0 Å². The van der Waals surface area contributed by atoms with Gasteiger partial charge in [-0.2, -0.15) is 10.2 Å². The van der Waals surface area contributed by atoms with Crippen LogP contribution in [-0.4, -0.2) is 41.0 Å². The Hall–Kier alpha value is -2.02. The first kappa shape index (κ1) is 23.6. The third-order valence-electron chi connectivity index (χ3n) is 5.49. The average molecular weight is 443 g/mol. The molecule has 31 heavy (non-hydrogen) atoms. The van der Waals surface area contributed by atoms with Gasteiger partial charge in [-0.25, -0.2) is 0 Å². The Morgan fingerprint density at radius 1 is 1.06 bits per heavy atom. The maximum absolute atomic E-state index is 9.60. The molecule has 1 aliphatic rings. The average Bonchev–Trinajstić information content (AvgIpc) is 3.11. The number of hydrogen-bond donors (Lipinski definition) is 2. The zero-order valence-electron chi connectivity index (χ0n) is 19.2. The van der Waals surface area contributed by atoms with Gasteiger partial charge in [0.2, 0.25) is 0 Å². The van der Waals surface area contributed by atoms with Crippen LogP contribution in [0.2, 0.25) is 0 Å². The Kier molecular flexibility index (Phi) is 8.03. The second-order valence-corrected chi connectivity index (χ2v) is 9.83. The maximum atomic E-state index is 9.60. The molecule has 0 fully saturated rings. The maximum Gasteiger partial charge on any atom is 0.125 e. The fraction of sp³-hybridized carbons (Fsp3) is 0.520. The molecule has 2 heterocycles. The number of rotatable bonds is 9. The topological polar surface area (TPSA) is 74.4 Å². The first-order valence-corrected chi connectivity index (χ1v) is 11.9. The fourth-order valence-corrected chi connectivity index (χ4v) is 5.18. The molecular weight excluding hydrogens is 408 g/mol. The van der Waals surface area contributed by atoms with Crippen molar-refractivity contribution in [2.45, 2.75) is 66.4 Å². The standard InChI is InChI=1S/C25H34N2O3S/c1-6-18-12-19(10-17(5)25(18)30-14-20(29)13-28)21-7-8-22(27-26-21)24-11-16(4)23(31-24)9-15(2)3/h10-12,15,20,28-29H,6-9,13-14H2,1-5H3/t20-/m0/s1. The predicted molar refractivity (Wildman–Crippen MR) is 129 cm³/mol. The van der Waals surface area contributed by atoms with E-state index >= 15 is 0 Å². The lowest BCUT2D eigenvalue weighted by Gasteiger charge is -2.18. The first-order chi connectivity index (χ1) is 14.8. The summed E-state index contributed by atoms with van der Waals surface area (Å²) in [5.74, 6) is 1.43. The van der Waals surface area contributed by atoms with Crippen LogP contribution in [0.3, 0.4) is 0 Å². The zero-order chi connectivity index (χ0) is 22.5. The summed E-state index contributed by atoms with van der Waals surface area (Å²) < 4.78 is 5.79. The molecule has 3 rings (SSSR count). The number of benzene rings is 1. The van der Waals surface area contributed by atoms with Crippen LogP contribution in [0.4, 0.5) is 0 Å². The number of aryl methyl sites for hydroxylation is 3. The van der Waals surface area contributed by atoms with Crippen molar-refractivity contribution >= 4 is 22.8 Å². The molecule has 2 aromatic rings. The number of aliphatic hydroxyl groups excluding tert-OH is 2. The molecule has 0 spiro atoms. The van der Waals surface area contributed by atoms with Crippen molar-refractivity contribution in [2.75, 3.05) is 13.2 Å². The molecule has 0 bridgehead atoms. The van der Waals surface area contributed by atoms with Gasteiger partial charge in [0.25, 0.3) is 0 Å². The third-order valence-corrected chi connectivity index (χ3v) is 6.79. The van der Waals surface area contributed by atoms with Crippen molar-refractivity contribution < 1.29 is 14.9 Å². The van der Waals surface area contributed by atoms with E-state index in [2.05, 4.69) is 56.1 Å². The number of hydrogen-bond acceptors (Lipinski definition) is 6. The lowest BCUT2D eigenvalue weighted by Crippen LogP contribution is -2.22. The van der Waals surface area contributed by atoms with Crippen LogP contribution in [0.25, 0.3) is 0 Å². The highest BCUT2D eigenvalue weighted by molar-refractivity contribution is 7.14. The quantitative estimate of drug-likeness (QED) is 0.583. The molecule has 1 aliphatic heterocycles. The Morgan fingerprint density at radius 2 is 1.77 bits per heavy atom. The van der Waals surface area contributed by atoms with E-state index in [0.29, 0.717) is 5.92 Å². The van der Waals surface area contributed by atoms with Crippen molar-refractivity contribution in [3.05, 3.63) is 50.2 Å². The molecule has 2 N–H and O–H groups in total. The summed E-state index contributed by atoms with van der Waals surface area (Å²) in [5.41, 5.74) is 6.59. The number of nitrogens with zero attached hydrogens (tertiary/aromatic N) is 2. The molecule has 5 nitrogen and oxygen atoms in total. The Balaban J connectivity index is 1.82. The van der Waals surface area contributed by atoms with Gasteiger partial charge in [0, 0.05) is 4.88 Å². The van der Waals surface area contributed by atoms with E-state index in [1.54, 1.807) is 0 Å². The Bertz CT molecular complexity index is 975. The summed E-state index contributed by atoms with van der Waals surface area (Å²) in [5, 5.41) is 27.8. The largest absolute Gasteiger partial charge is 0.490 e. The lowest BCUT2D eigenvalue weighted by molar-refractivity contribution is 0.0531. The van der Waals surface area contributed by atoms with Gasteiger partial charge in [0.05, 0.1) is 22.9 Å². The normalized spacial score (nSPS) is 15.1. The first-order valence-electron chi connectivity index (χ1n) is 11.1. The van der Waals surface area contributed by atoms with E-state index in [1.807, 2.05) is 18.3 Å². The molecule has 0 amide bonds. The summed E-state index contributed by atoms with van der Waals surface area (Å²) in [6, 6.07) is 6.45. The molecule has 0 saturated heterocycles. The van der Waals surface area contributed by atoms with Crippen molar-refractivity contribution in [1.82, 2.24) is 0 Å². The second kappa shape index (κ2) is 10.5. The van der Waals surface area contributed by atoms with Crippen LogP contribution in [-0.2, 0) is 12.8 Å². The van der Waals surface area contributed by atoms with Crippen LogP contribution >= 0.6 is 11.3 Å². The Labute approximate surface area is 189 Å². The highest BCUT2D eigenvalue weighted by atomic mass is 32.1. The summed E-state index contributed by atoms with van der Waals surface area (Å²) >= 11 is 1.86. The van der Waals surface area contributed by atoms with Crippen molar-refractivity contribution in [3.63, 3.8) is 0 Å². The molecule has 0 unspecified atom stereocenters.